The van der Waals surface area contributed by atoms with Gasteiger partial charge in [-0.15, -0.1) is 0 Å². The van der Waals surface area contributed by atoms with E-state index in [0.29, 0.717) is 12.2 Å². The molecule has 1 aromatic carbocycles. The fourth-order valence-electron chi connectivity index (χ4n) is 1.74. The third-order valence-corrected chi connectivity index (χ3v) is 2.35. The van der Waals surface area contributed by atoms with Gasteiger partial charge in [-0.1, -0.05) is 6.07 Å². The Kier molecular flexibility index (Phi) is 3.63. The quantitative estimate of drug-likeness (QED) is 0.685. The first-order chi connectivity index (χ1) is 7.72. The van der Waals surface area contributed by atoms with E-state index in [1.165, 1.54) is 6.07 Å². The molecule has 0 saturated heterocycles. The van der Waals surface area contributed by atoms with Gasteiger partial charge in [0.2, 0.25) is 0 Å². The average Bonchev–Trinajstić information content (AvgIpc) is 2.14. The molecule has 5 heteroatoms. The number of hydrogen-bond donors (Lipinski definition) is 3. The van der Waals surface area contributed by atoms with Gasteiger partial charge in [-0.05, 0) is 26.0 Å². The first kappa shape index (κ1) is 13.3. The maximum atomic E-state index is 10.9. The zero-order valence-corrected chi connectivity index (χ0v) is 10.3. The Morgan fingerprint density at radius 1 is 1.47 bits per heavy atom. The summed E-state index contributed by atoms with van der Waals surface area (Å²) < 4.78 is 0. The Morgan fingerprint density at radius 3 is 2.53 bits per heavy atom. The molecule has 0 aliphatic rings. The van der Waals surface area contributed by atoms with Gasteiger partial charge in [0.05, 0.1) is 22.5 Å². The minimum absolute atomic E-state index is 0.0742. The zero-order valence-electron chi connectivity index (χ0n) is 10.3. The second-order valence-electron chi connectivity index (χ2n) is 4.71. The van der Waals surface area contributed by atoms with E-state index < -0.39 is 11.6 Å². The second kappa shape index (κ2) is 4.63. The van der Waals surface area contributed by atoms with Gasteiger partial charge in [-0.3, -0.25) is 0 Å². The van der Waals surface area contributed by atoms with Gasteiger partial charge in [0.1, 0.15) is 0 Å². The fraction of sp³-hybridized carbons (Fsp3) is 0.417. The van der Waals surface area contributed by atoms with E-state index in [4.69, 9.17) is 10.8 Å². The first-order valence-electron chi connectivity index (χ1n) is 5.27. The number of para-hydroxylation sites is 1. The number of nitrogens with two attached hydrogens (primary N) is 1. The van der Waals surface area contributed by atoms with Crippen LogP contribution in [0.5, 0.6) is 0 Å². The van der Waals surface area contributed by atoms with Crippen LogP contribution >= 0.6 is 0 Å². The lowest BCUT2D eigenvalue weighted by atomic mass is 10.1. The molecule has 0 bridgehead atoms. The van der Waals surface area contributed by atoms with Crippen molar-refractivity contribution in [3.05, 3.63) is 23.8 Å². The average molecular weight is 238 g/mol. The summed E-state index contributed by atoms with van der Waals surface area (Å²) in [6.07, 6.45) is 0. The number of rotatable bonds is 4. The van der Waals surface area contributed by atoms with Crippen molar-refractivity contribution >= 4 is 17.3 Å². The molecule has 5 nitrogen and oxygen atoms in total. The monoisotopic (exact) mass is 238 g/mol. The van der Waals surface area contributed by atoms with E-state index in [1.54, 1.807) is 37.9 Å². The van der Waals surface area contributed by atoms with Crippen LogP contribution in [0.3, 0.4) is 0 Å². The normalized spacial score (nSPS) is 11.3. The van der Waals surface area contributed by atoms with Crippen molar-refractivity contribution in [2.75, 3.05) is 24.2 Å². The molecule has 17 heavy (non-hydrogen) atoms. The number of nitrogens with zero attached hydrogens (tertiary/aromatic N) is 1. The highest BCUT2D eigenvalue weighted by molar-refractivity contribution is 5.97. The van der Waals surface area contributed by atoms with E-state index in [9.17, 15) is 9.90 Å². The molecule has 0 saturated carbocycles. The van der Waals surface area contributed by atoms with E-state index in [0.717, 1.165) is 0 Å². The highest BCUT2D eigenvalue weighted by atomic mass is 16.4. The van der Waals surface area contributed by atoms with Crippen LogP contribution in [0.25, 0.3) is 0 Å². The SMILES string of the molecule is CN(CC(C)(C)O)c1cccc(C(=O)O)c1N. The molecule has 1 rings (SSSR count). The summed E-state index contributed by atoms with van der Waals surface area (Å²) in [5.74, 6) is -1.05. The van der Waals surface area contributed by atoms with Gasteiger partial charge >= 0.3 is 5.97 Å². The Hall–Kier alpha value is -1.75. The summed E-state index contributed by atoms with van der Waals surface area (Å²) in [5.41, 5.74) is 5.82. The fourth-order valence-corrected chi connectivity index (χ4v) is 1.74. The molecule has 0 aromatic heterocycles. The van der Waals surface area contributed by atoms with Crippen molar-refractivity contribution in [1.82, 2.24) is 0 Å². The van der Waals surface area contributed by atoms with Crippen molar-refractivity contribution < 1.29 is 15.0 Å². The second-order valence-corrected chi connectivity index (χ2v) is 4.71. The van der Waals surface area contributed by atoms with Crippen molar-refractivity contribution in [2.24, 2.45) is 0 Å². The lowest BCUT2D eigenvalue weighted by Gasteiger charge is -2.28. The van der Waals surface area contributed by atoms with E-state index in [1.807, 2.05) is 0 Å². The van der Waals surface area contributed by atoms with Crippen LogP contribution in [-0.4, -0.2) is 35.4 Å². The van der Waals surface area contributed by atoms with Crippen LogP contribution in [0.4, 0.5) is 11.4 Å². The van der Waals surface area contributed by atoms with Crippen molar-refractivity contribution in [3.8, 4) is 0 Å². The number of carboxylic acid groups (broad SMARTS) is 1. The molecule has 4 N–H and O–H groups in total. The number of carbonyl (C=O) groups is 1. The van der Waals surface area contributed by atoms with E-state index in [2.05, 4.69) is 0 Å². The van der Waals surface area contributed by atoms with Crippen molar-refractivity contribution in [2.45, 2.75) is 19.4 Å². The zero-order chi connectivity index (χ0) is 13.2. The molecule has 0 unspecified atom stereocenters. The minimum atomic E-state index is -1.05. The third kappa shape index (κ3) is 3.35. The number of anilines is 2. The topological polar surface area (TPSA) is 86.8 Å². The summed E-state index contributed by atoms with van der Waals surface area (Å²) in [5, 5.41) is 18.7. The molecule has 94 valence electrons. The van der Waals surface area contributed by atoms with Crippen LogP contribution in [0, 0.1) is 0 Å². The summed E-state index contributed by atoms with van der Waals surface area (Å²) in [4.78, 5) is 12.7. The molecule has 0 spiro atoms. The lowest BCUT2D eigenvalue weighted by Crippen LogP contribution is -2.36. The Morgan fingerprint density at radius 2 is 2.06 bits per heavy atom. The highest BCUT2D eigenvalue weighted by Gasteiger charge is 2.19. The third-order valence-electron chi connectivity index (χ3n) is 2.35. The predicted molar refractivity (Wildman–Crippen MR) is 67.4 cm³/mol. The Balaban J connectivity index is 3.07. The number of aliphatic hydroxyl groups is 1. The Labute approximate surface area is 100 Å². The summed E-state index contributed by atoms with van der Waals surface area (Å²) >= 11 is 0. The van der Waals surface area contributed by atoms with E-state index >= 15 is 0 Å². The maximum Gasteiger partial charge on any atom is 0.337 e. The molecule has 0 heterocycles. The number of aromatic carboxylic acids is 1. The van der Waals surface area contributed by atoms with Crippen LogP contribution in [0.15, 0.2) is 18.2 Å². The summed E-state index contributed by atoms with van der Waals surface area (Å²) in [6.45, 7) is 3.72. The van der Waals surface area contributed by atoms with Gasteiger partial charge in [0.25, 0.3) is 0 Å². The predicted octanol–water partition coefficient (Wildman–Crippen LogP) is 1.17. The van der Waals surface area contributed by atoms with Gasteiger partial charge in [0.15, 0.2) is 0 Å². The number of nitrogen functional groups attached to an aromatic ring is 1. The molecule has 0 aliphatic heterocycles. The number of carboxylic acids is 1. The van der Waals surface area contributed by atoms with Crippen molar-refractivity contribution in [3.63, 3.8) is 0 Å². The molecule has 0 radical (unpaired) electrons. The summed E-state index contributed by atoms with van der Waals surface area (Å²) in [6, 6.07) is 4.82. The number of likely N-dealkylation sites (N-methyl/N-ethyl adjacent to an activating group) is 1. The number of benzene rings is 1. The van der Waals surface area contributed by atoms with Gasteiger partial charge in [-0.2, -0.15) is 0 Å². The van der Waals surface area contributed by atoms with Gasteiger partial charge in [-0.25, -0.2) is 4.79 Å². The molecule has 0 fully saturated rings. The highest BCUT2D eigenvalue weighted by Crippen LogP contribution is 2.26. The van der Waals surface area contributed by atoms with Crippen LogP contribution in [0.1, 0.15) is 24.2 Å². The standard InChI is InChI=1S/C12H18N2O3/c1-12(2,17)7-14(3)9-6-4-5-8(10(9)13)11(15)16/h4-6,17H,7,13H2,1-3H3,(H,15,16). The lowest BCUT2D eigenvalue weighted by molar-refractivity contribution is 0.0698. The molecule has 0 amide bonds. The van der Waals surface area contributed by atoms with Crippen LogP contribution < -0.4 is 10.6 Å². The Bertz CT molecular complexity index is 424. The molecule has 0 aliphatic carbocycles. The van der Waals surface area contributed by atoms with Crippen molar-refractivity contribution in [1.29, 1.82) is 0 Å². The maximum absolute atomic E-state index is 10.9. The molecule has 1 aromatic rings. The largest absolute Gasteiger partial charge is 0.478 e. The molecule has 0 atom stereocenters. The molecular weight excluding hydrogens is 220 g/mol. The first-order valence-corrected chi connectivity index (χ1v) is 5.27. The minimum Gasteiger partial charge on any atom is -0.478 e. The number of hydrogen-bond acceptors (Lipinski definition) is 4. The van der Waals surface area contributed by atoms with E-state index in [-0.39, 0.29) is 11.3 Å². The van der Waals surface area contributed by atoms with Crippen LogP contribution in [0.2, 0.25) is 0 Å². The smallest absolute Gasteiger partial charge is 0.337 e. The van der Waals surface area contributed by atoms with Gasteiger partial charge < -0.3 is 20.8 Å². The summed E-state index contributed by atoms with van der Waals surface area (Å²) in [7, 11) is 1.76. The van der Waals surface area contributed by atoms with Gasteiger partial charge in [0, 0.05) is 13.6 Å². The molecular formula is C12H18N2O3. The van der Waals surface area contributed by atoms with Crippen LogP contribution in [-0.2, 0) is 0 Å².